The Kier molecular flexibility index (Phi) is 4.84. The topological polar surface area (TPSA) is 49.3 Å². The summed E-state index contributed by atoms with van der Waals surface area (Å²) in [7, 11) is 0. The van der Waals surface area contributed by atoms with Crippen molar-refractivity contribution in [1.29, 1.82) is 0 Å². The molecule has 0 heterocycles. The molecular weight excluding hydrogens is 262 g/mol. The van der Waals surface area contributed by atoms with Crippen LogP contribution in [-0.2, 0) is 4.79 Å². The first-order valence-corrected chi connectivity index (χ1v) is 7.60. The van der Waals surface area contributed by atoms with Gasteiger partial charge in [0.1, 0.15) is 0 Å². The second kappa shape index (κ2) is 6.44. The molecule has 2 unspecified atom stereocenters. The number of aliphatic hydroxyl groups excluding tert-OH is 1. The summed E-state index contributed by atoms with van der Waals surface area (Å²) in [5, 5.41) is 13.5. The quantitative estimate of drug-likeness (QED) is 0.757. The summed E-state index contributed by atoms with van der Waals surface area (Å²) in [6.07, 6.45) is 2.12. The number of rotatable bonds is 7. The number of hydrogen-bond donors (Lipinski definition) is 2. The molecule has 0 bridgehead atoms. The molecule has 0 spiro atoms. The van der Waals surface area contributed by atoms with Crippen molar-refractivity contribution in [3.63, 3.8) is 0 Å². The van der Waals surface area contributed by atoms with E-state index >= 15 is 0 Å². The number of benzene rings is 1. The van der Waals surface area contributed by atoms with E-state index in [1.807, 2.05) is 44.2 Å². The Labute approximate surface area is 127 Å². The van der Waals surface area contributed by atoms with Crippen molar-refractivity contribution < 1.29 is 9.90 Å². The molecule has 1 saturated carbocycles. The third-order valence-corrected chi connectivity index (χ3v) is 4.30. The van der Waals surface area contributed by atoms with Crippen molar-refractivity contribution in [3.8, 4) is 0 Å². The fourth-order valence-corrected chi connectivity index (χ4v) is 2.75. The molecule has 114 valence electrons. The molecule has 1 amide bonds. The molecule has 1 fully saturated rings. The standard InChI is InChI=1S/C18H25NO2/c1-13(2)11-14(3)17(21)19-12-18(9-10-18)16(20)15-7-5-4-6-8-15/h4-8,14,16,20H,1,9-12H2,2-3H3,(H,19,21). The summed E-state index contributed by atoms with van der Waals surface area (Å²) in [4.78, 5) is 12.1. The third-order valence-electron chi connectivity index (χ3n) is 4.30. The summed E-state index contributed by atoms with van der Waals surface area (Å²) >= 11 is 0. The Morgan fingerprint density at radius 3 is 2.52 bits per heavy atom. The van der Waals surface area contributed by atoms with Crippen LogP contribution in [0.3, 0.4) is 0 Å². The number of hydrogen-bond acceptors (Lipinski definition) is 2. The number of carbonyl (C=O) groups is 1. The summed E-state index contributed by atoms with van der Waals surface area (Å²) in [5.74, 6) is -0.0169. The molecule has 1 aromatic carbocycles. The van der Waals surface area contributed by atoms with Crippen LogP contribution in [0.15, 0.2) is 42.5 Å². The van der Waals surface area contributed by atoms with Crippen LogP contribution < -0.4 is 5.32 Å². The molecule has 2 N–H and O–H groups in total. The van der Waals surface area contributed by atoms with Crippen molar-refractivity contribution in [2.24, 2.45) is 11.3 Å². The maximum Gasteiger partial charge on any atom is 0.223 e. The van der Waals surface area contributed by atoms with Crippen molar-refractivity contribution in [1.82, 2.24) is 5.32 Å². The Morgan fingerprint density at radius 2 is 2.00 bits per heavy atom. The zero-order chi connectivity index (χ0) is 15.5. The first-order chi connectivity index (χ1) is 9.94. The molecule has 2 atom stereocenters. The van der Waals surface area contributed by atoms with Gasteiger partial charge in [0.15, 0.2) is 0 Å². The molecule has 3 heteroatoms. The molecule has 1 aromatic rings. The Bertz CT molecular complexity index is 505. The number of aliphatic hydroxyl groups is 1. The van der Waals surface area contributed by atoms with Gasteiger partial charge in [-0.15, -0.1) is 6.58 Å². The average molecular weight is 287 g/mol. The highest BCUT2D eigenvalue weighted by atomic mass is 16.3. The van der Waals surface area contributed by atoms with Gasteiger partial charge in [0.05, 0.1) is 6.10 Å². The van der Waals surface area contributed by atoms with E-state index in [1.165, 1.54) is 0 Å². The maximum absolute atomic E-state index is 12.1. The molecule has 0 aliphatic heterocycles. The second-order valence-electron chi connectivity index (χ2n) is 6.46. The van der Waals surface area contributed by atoms with Crippen LogP contribution >= 0.6 is 0 Å². The maximum atomic E-state index is 12.1. The van der Waals surface area contributed by atoms with Gasteiger partial charge in [-0.25, -0.2) is 0 Å². The zero-order valence-electron chi connectivity index (χ0n) is 12.9. The third kappa shape index (κ3) is 3.94. The van der Waals surface area contributed by atoms with E-state index in [2.05, 4.69) is 11.9 Å². The number of carbonyl (C=O) groups excluding carboxylic acids is 1. The molecule has 1 aliphatic rings. The van der Waals surface area contributed by atoms with Crippen LogP contribution in [0.1, 0.15) is 44.8 Å². The summed E-state index contributed by atoms with van der Waals surface area (Å²) in [5.41, 5.74) is 1.77. The Balaban J connectivity index is 1.90. The fourth-order valence-electron chi connectivity index (χ4n) is 2.75. The van der Waals surface area contributed by atoms with Crippen LogP contribution in [0.25, 0.3) is 0 Å². The van der Waals surface area contributed by atoms with Crippen LogP contribution in [-0.4, -0.2) is 17.6 Å². The second-order valence-corrected chi connectivity index (χ2v) is 6.46. The normalized spacial score (nSPS) is 18.6. The van der Waals surface area contributed by atoms with E-state index in [4.69, 9.17) is 0 Å². The van der Waals surface area contributed by atoms with Gasteiger partial charge in [-0.1, -0.05) is 42.8 Å². The summed E-state index contributed by atoms with van der Waals surface area (Å²) < 4.78 is 0. The minimum absolute atomic E-state index is 0.0459. The molecule has 1 aliphatic carbocycles. The van der Waals surface area contributed by atoms with Crippen molar-refractivity contribution >= 4 is 5.91 Å². The van der Waals surface area contributed by atoms with E-state index in [0.717, 1.165) is 24.0 Å². The Hall–Kier alpha value is -1.61. The van der Waals surface area contributed by atoms with Crippen LogP contribution in [0.2, 0.25) is 0 Å². The van der Waals surface area contributed by atoms with Crippen LogP contribution in [0.5, 0.6) is 0 Å². The highest BCUT2D eigenvalue weighted by molar-refractivity contribution is 5.78. The highest BCUT2D eigenvalue weighted by Crippen LogP contribution is 2.54. The van der Waals surface area contributed by atoms with Crippen molar-refractivity contribution in [2.75, 3.05) is 6.54 Å². The van der Waals surface area contributed by atoms with Gasteiger partial charge in [-0.05, 0) is 31.7 Å². The number of allylic oxidation sites excluding steroid dienone is 1. The van der Waals surface area contributed by atoms with E-state index < -0.39 is 6.10 Å². The largest absolute Gasteiger partial charge is 0.388 e. The van der Waals surface area contributed by atoms with Crippen molar-refractivity contribution in [2.45, 2.75) is 39.2 Å². The van der Waals surface area contributed by atoms with Gasteiger partial charge in [0.25, 0.3) is 0 Å². The SMILES string of the molecule is C=C(C)CC(C)C(=O)NCC1(C(O)c2ccccc2)CC1. The molecule has 3 nitrogen and oxygen atoms in total. The average Bonchev–Trinajstić information content (AvgIpc) is 3.25. The number of amides is 1. The van der Waals surface area contributed by atoms with Crippen molar-refractivity contribution in [3.05, 3.63) is 48.0 Å². The van der Waals surface area contributed by atoms with Gasteiger partial charge in [-0.2, -0.15) is 0 Å². The molecule has 2 rings (SSSR count). The molecule has 0 radical (unpaired) electrons. The van der Waals surface area contributed by atoms with E-state index in [9.17, 15) is 9.90 Å². The fraction of sp³-hybridized carbons (Fsp3) is 0.500. The van der Waals surface area contributed by atoms with E-state index in [0.29, 0.717) is 13.0 Å². The highest BCUT2D eigenvalue weighted by Gasteiger charge is 2.49. The van der Waals surface area contributed by atoms with Crippen LogP contribution in [0.4, 0.5) is 0 Å². The van der Waals surface area contributed by atoms with E-state index in [1.54, 1.807) is 0 Å². The van der Waals surface area contributed by atoms with Gasteiger partial charge >= 0.3 is 0 Å². The predicted octanol–water partition coefficient (Wildman–Crippen LogP) is 3.22. The zero-order valence-corrected chi connectivity index (χ0v) is 12.9. The lowest BCUT2D eigenvalue weighted by molar-refractivity contribution is -0.125. The molecular formula is C18H25NO2. The lowest BCUT2D eigenvalue weighted by Crippen LogP contribution is -2.36. The lowest BCUT2D eigenvalue weighted by atomic mass is 9.92. The van der Waals surface area contributed by atoms with Gasteiger partial charge in [0, 0.05) is 17.9 Å². The van der Waals surface area contributed by atoms with Crippen LogP contribution in [0, 0.1) is 11.3 Å². The minimum Gasteiger partial charge on any atom is -0.388 e. The Morgan fingerprint density at radius 1 is 1.38 bits per heavy atom. The first-order valence-electron chi connectivity index (χ1n) is 7.60. The summed E-state index contributed by atoms with van der Waals surface area (Å²) in [6.45, 7) is 8.24. The summed E-state index contributed by atoms with van der Waals surface area (Å²) in [6, 6.07) is 9.69. The van der Waals surface area contributed by atoms with Gasteiger partial charge < -0.3 is 10.4 Å². The number of nitrogens with one attached hydrogen (secondary N) is 1. The van der Waals surface area contributed by atoms with Gasteiger partial charge in [0.2, 0.25) is 5.91 Å². The predicted molar refractivity (Wildman–Crippen MR) is 84.7 cm³/mol. The molecule has 21 heavy (non-hydrogen) atoms. The first kappa shape index (κ1) is 15.8. The lowest BCUT2D eigenvalue weighted by Gasteiger charge is -2.24. The van der Waals surface area contributed by atoms with E-state index in [-0.39, 0.29) is 17.2 Å². The molecule has 0 saturated heterocycles. The monoisotopic (exact) mass is 287 g/mol. The molecule has 0 aromatic heterocycles. The van der Waals surface area contributed by atoms with Gasteiger partial charge in [-0.3, -0.25) is 4.79 Å². The smallest absolute Gasteiger partial charge is 0.223 e. The minimum atomic E-state index is -0.504.